The van der Waals surface area contributed by atoms with E-state index in [1.165, 1.54) is 9.87 Å². The summed E-state index contributed by atoms with van der Waals surface area (Å²) in [5, 5.41) is 2.91. The molecule has 0 unspecified atom stereocenters. The summed E-state index contributed by atoms with van der Waals surface area (Å²) < 4.78 is 25.8. The van der Waals surface area contributed by atoms with Crippen molar-refractivity contribution < 1.29 is 13.2 Å². The molecule has 5 nitrogen and oxygen atoms in total. The lowest BCUT2D eigenvalue weighted by atomic mass is 10.0. The van der Waals surface area contributed by atoms with Crippen molar-refractivity contribution in [1.29, 1.82) is 0 Å². The minimum Gasteiger partial charge on any atom is -0.348 e. The van der Waals surface area contributed by atoms with Gasteiger partial charge < -0.3 is 5.32 Å². The summed E-state index contributed by atoms with van der Waals surface area (Å²) in [5.74, 6) is -0.336. The highest BCUT2D eigenvalue weighted by atomic mass is 32.2. The van der Waals surface area contributed by atoms with Gasteiger partial charge in [0.1, 0.15) is 6.54 Å². The highest BCUT2D eigenvalue weighted by molar-refractivity contribution is 7.92. The van der Waals surface area contributed by atoms with Crippen LogP contribution in [0.1, 0.15) is 42.1 Å². The number of hydrogen-bond donors (Lipinski definition) is 1. The average Bonchev–Trinajstić information content (AvgIpc) is 2.61. The summed E-state index contributed by atoms with van der Waals surface area (Å²) in [6.07, 6.45) is 1.81. The van der Waals surface area contributed by atoms with Gasteiger partial charge in [-0.15, -0.1) is 0 Å². The van der Waals surface area contributed by atoms with Gasteiger partial charge >= 0.3 is 0 Å². The van der Waals surface area contributed by atoms with Gasteiger partial charge in [0.15, 0.2) is 0 Å². The van der Waals surface area contributed by atoms with Crippen molar-refractivity contribution in [2.24, 2.45) is 0 Å². The lowest BCUT2D eigenvalue weighted by Crippen LogP contribution is -2.41. The molecular weight excluding hydrogens is 360 g/mol. The van der Waals surface area contributed by atoms with Crippen LogP contribution >= 0.6 is 0 Å². The van der Waals surface area contributed by atoms with Crippen LogP contribution in [0.3, 0.4) is 0 Å². The molecule has 1 atom stereocenters. The van der Waals surface area contributed by atoms with Gasteiger partial charge in [-0.05, 0) is 55.5 Å². The van der Waals surface area contributed by atoms with Crippen molar-refractivity contribution in [2.75, 3.05) is 17.1 Å². The molecule has 0 spiro atoms. The largest absolute Gasteiger partial charge is 0.348 e. The molecule has 1 N–H and O–H groups in total. The quantitative estimate of drug-likeness (QED) is 0.789. The van der Waals surface area contributed by atoms with Crippen LogP contribution < -0.4 is 9.62 Å². The lowest BCUT2D eigenvalue weighted by molar-refractivity contribution is -0.120. The topological polar surface area (TPSA) is 66.5 Å². The van der Waals surface area contributed by atoms with Gasteiger partial charge in [-0.25, -0.2) is 8.42 Å². The fourth-order valence-corrected chi connectivity index (χ4v) is 3.86. The van der Waals surface area contributed by atoms with E-state index < -0.39 is 10.0 Å². The van der Waals surface area contributed by atoms with E-state index in [1.54, 1.807) is 12.1 Å². The molecule has 0 radical (unpaired) electrons. The normalized spacial score (nSPS) is 12.5. The van der Waals surface area contributed by atoms with Crippen LogP contribution in [0.25, 0.3) is 0 Å². The Balaban J connectivity index is 2.20. The lowest BCUT2D eigenvalue weighted by Gasteiger charge is -2.25. The van der Waals surface area contributed by atoms with Crippen molar-refractivity contribution >= 4 is 21.6 Å². The van der Waals surface area contributed by atoms with Crippen LogP contribution in [0.15, 0.2) is 42.5 Å². The van der Waals surface area contributed by atoms with Gasteiger partial charge in [0.2, 0.25) is 15.9 Å². The SMILES string of the molecule is CCc1ccccc1N(CC(=O)N[C@H](C)c1ccc(C)c(C)c1)S(C)(=O)=O. The second-order valence-corrected chi connectivity index (χ2v) is 8.79. The van der Waals surface area contributed by atoms with Gasteiger partial charge in [0.25, 0.3) is 0 Å². The third kappa shape index (κ3) is 5.32. The van der Waals surface area contributed by atoms with Crippen molar-refractivity contribution in [3.63, 3.8) is 0 Å². The predicted octanol–water partition coefficient (Wildman–Crippen LogP) is 3.51. The van der Waals surface area contributed by atoms with Crippen LogP contribution in [0.2, 0.25) is 0 Å². The van der Waals surface area contributed by atoms with E-state index in [1.807, 2.05) is 58.0 Å². The zero-order chi connectivity index (χ0) is 20.2. The molecule has 0 saturated carbocycles. The number of para-hydroxylation sites is 1. The Labute approximate surface area is 162 Å². The first kappa shape index (κ1) is 21.0. The first-order valence-electron chi connectivity index (χ1n) is 9.05. The standard InChI is InChI=1S/C21H28N2O3S/c1-6-18-9-7-8-10-20(18)23(27(5,25)26)14-21(24)22-17(4)19-12-11-15(2)16(3)13-19/h7-13,17H,6,14H2,1-5H3,(H,22,24)/t17-/m1/s1. The Morgan fingerprint density at radius 1 is 1.11 bits per heavy atom. The molecule has 0 aromatic heterocycles. The minimum atomic E-state index is -3.59. The van der Waals surface area contributed by atoms with E-state index in [4.69, 9.17) is 0 Å². The summed E-state index contributed by atoms with van der Waals surface area (Å²) in [6, 6.07) is 13.1. The molecule has 0 heterocycles. The van der Waals surface area contributed by atoms with Crippen LogP contribution in [0, 0.1) is 13.8 Å². The maximum absolute atomic E-state index is 12.6. The molecule has 0 saturated heterocycles. The van der Waals surface area contributed by atoms with Gasteiger partial charge in [0.05, 0.1) is 18.0 Å². The van der Waals surface area contributed by atoms with E-state index >= 15 is 0 Å². The second-order valence-electron chi connectivity index (χ2n) is 6.88. The highest BCUT2D eigenvalue weighted by Crippen LogP contribution is 2.23. The molecule has 2 rings (SSSR count). The Kier molecular flexibility index (Phi) is 6.65. The number of nitrogens with one attached hydrogen (secondary N) is 1. The van der Waals surface area contributed by atoms with E-state index in [2.05, 4.69) is 5.32 Å². The molecule has 0 aliphatic heterocycles. The van der Waals surface area contributed by atoms with Crippen molar-refractivity contribution in [2.45, 2.75) is 40.2 Å². The molecule has 0 fully saturated rings. The van der Waals surface area contributed by atoms with Crippen molar-refractivity contribution in [3.05, 3.63) is 64.7 Å². The summed E-state index contributed by atoms with van der Waals surface area (Å²) >= 11 is 0. The number of rotatable bonds is 7. The molecule has 6 heteroatoms. The van der Waals surface area contributed by atoms with E-state index in [0.717, 1.165) is 22.9 Å². The van der Waals surface area contributed by atoms with Gasteiger partial charge in [-0.3, -0.25) is 9.10 Å². The number of aryl methyl sites for hydroxylation is 3. The number of carbonyl (C=O) groups is 1. The van der Waals surface area contributed by atoms with Crippen LogP contribution in [0.4, 0.5) is 5.69 Å². The first-order valence-corrected chi connectivity index (χ1v) is 10.9. The van der Waals surface area contributed by atoms with Crippen LogP contribution in [0.5, 0.6) is 0 Å². The number of carbonyl (C=O) groups excluding carboxylic acids is 1. The van der Waals surface area contributed by atoms with Crippen molar-refractivity contribution in [1.82, 2.24) is 5.32 Å². The molecule has 2 aromatic rings. The number of hydrogen-bond acceptors (Lipinski definition) is 3. The summed E-state index contributed by atoms with van der Waals surface area (Å²) in [4.78, 5) is 12.6. The summed E-state index contributed by atoms with van der Waals surface area (Å²) in [6.45, 7) is 7.68. The maximum atomic E-state index is 12.6. The molecular formula is C21H28N2O3S. The van der Waals surface area contributed by atoms with Gasteiger partial charge in [0, 0.05) is 0 Å². The molecule has 0 aliphatic rings. The number of anilines is 1. The Morgan fingerprint density at radius 2 is 1.78 bits per heavy atom. The zero-order valence-electron chi connectivity index (χ0n) is 16.6. The van der Waals surface area contributed by atoms with Crippen molar-refractivity contribution in [3.8, 4) is 0 Å². The zero-order valence-corrected chi connectivity index (χ0v) is 17.4. The van der Waals surface area contributed by atoms with Crippen LogP contribution in [-0.4, -0.2) is 27.1 Å². The molecule has 2 aromatic carbocycles. The molecule has 0 aliphatic carbocycles. The smallest absolute Gasteiger partial charge is 0.241 e. The third-order valence-electron chi connectivity index (χ3n) is 4.74. The average molecular weight is 389 g/mol. The number of sulfonamides is 1. The second kappa shape index (κ2) is 8.57. The Bertz CT molecular complexity index is 923. The molecule has 1 amide bonds. The van der Waals surface area contributed by atoms with Gasteiger partial charge in [-0.2, -0.15) is 0 Å². The highest BCUT2D eigenvalue weighted by Gasteiger charge is 2.23. The first-order chi connectivity index (χ1) is 12.6. The maximum Gasteiger partial charge on any atom is 0.241 e. The van der Waals surface area contributed by atoms with E-state index in [9.17, 15) is 13.2 Å². The fourth-order valence-electron chi connectivity index (χ4n) is 2.97. The fraction of sp³-hybridized carbons (Fsp3) is 0.381. The number of nitrogens with zero attached hydrogens (tertiary/aromatic N) is 1. The van der Waals surface area contributed by atoms with E-state index in [-0.39, 0.29) is 18.5 Å². The molecule has 146 valence electrons. The predicted molar refractivity (Wildman–Crippen MR) is 110 cm³/mol. The summed E-state index contributed by atoms with van der Waals surface area (Å²) in [7, 11) is -3.59. The third-order valence-corrected chi connectivity index (χ3v) is 5.86. The Morgan fingerprint density at radius 3 is 2.37 bits per heavy atom. The molecule has 0 bridgehead atoms. The Hall–Kier alpha value is -2.34. The number of amides is 1. The summed E-state index contributed by atoms with van der Waals surface area (Å²) in [5.41, 5.74) is 4.78. The van der Waals surface area contributed by atoms with Crippen LogP contribution in [-0.2, 0) is 21.2 Å². The minimum absolute atomic E-state index is 0.209. The molecule has 27 heavy (non-hydrogen) atoms. The van der Waals surface area contributed by atoms with Gasteiger partial charge in [-0.1, -0.05) is 43.3 Å². The monoisotopic (exact) mass is 388 g/mol. The van der Waals surface area contributed by atoms with E-state index in [0.29, 0.717) is 12.1 Å². The number of benzene rings is 2.